The Morgan fingerprint density at radius 3 is 1.90 bits per heavy atom. The van der Waals surface area contributed by atoms with E-state index in [9.17, 15) is 22.8 Å². The molecular formula is C33H43F3N4O2. The van der Waals surface area contributed by atoms with Crippen molar-refractivity contribution in [2.75, 3.05) is 18.9 Å². The van der Waals surface area contributed by atoms with Crippen LogP contribution in [-0.4, -0.2) is 34.0 Å². The molecule has 1 amide bonds. The lowest BCUT2D eigenvalue weighted by Gasteiger charge is -2.20. The molecule has 42 heavy (non-hydrogen) atoms. The molecule has 4 aromatic rings. The van der Waals surface area contributed by atoms with Crippen LogP contribution in [0.15, 0.2) is 77.6 Å². The number of rotatable bonds is 5. The minimum Gasteiger partial charge on any atom is -0.346 e. The molecule has 0 aliphatic heterocycles. The minimum atomic E-state index is -4.67. The fraction of sp³-hybridized carbons (Fsp3) is 0.364. The van der Waals surface area contributed by atoms with E-state index in [2.05, 4.69) is 24.1 Å². The number of alkyl halides is 3. The molecule has 0 saturated carbocycles. The number of nitrogens with zero attached hydrogens (tertiary/aromatic N) is 3. The summed E-state index contributed by atoms with van der Waals surface area (Å²) in [6, 6.07) is 20.0. The molecule has 4 rings (SSSR count). The molecule has 2 heterocycles. The molecule has 0 unspecified atom stereocenters. The molecule has 6 nitrogen and oxygen atoms in total. The number of pyridine rings is 2. The standard InChI is InChI=1S/C22H16F3N3O.C6H13NO.C3H8.C2H6/c1-14-12-17(22(23,24)25)20-18(29)13-19(27-15-8-4-2-5-9-15)28(21(20)26-14)16-10-6-3-7-11-16;1-4-6(8)7(3)5-2;1-3-2;1-2/h2-13,27H,1H3;4-5H2,1-3H3;3H2,1-2H3;1-2H3. The number of carbonyl (C=O) groups excluding carboxylic acids is 1. The van der Waals surface area contributed by atoms with E-state index in [1.54, 1.807) is 47.4 Å². The van der Waals surface area contributed by atoms with Gasteiger partial charge in [0.1, 0.15) is 5.82 Å². The number of hydrogen-bond acceptors (Lipinski definition) is 4. The van der Waals surface area contributed by atoms with Crippen LogP contribution in [0.5, 0.6) is 0 Å². The van der Waals surface area contributed by atoms with Crippen LogP contribution in [0, 0.1) is 6.92 Å². The van der Waals surface area contributed by atoms with Crippen molar-refractivity contribution in [2.45, 2.75) is 67.5 Å². The highest BCUT2D eigenvalue weighted by Crippen LogP contribution is 2.35. The van der Waals surface area contributed by atoms with Crippen LogP contribution < -0.4 is 10.7 Å². The summed E-state index contributed by atoms with van der Waals surface area (Å²) in [5, 5.41) is 2.67. The molecule has 228 valence electrons. The van der Waals surface area contributed by atoms with Crippen molar-refractivity contribution < 1.29 is 18.0 Å². The van der Waals surface area contributed by atoms with E-state index in [0.29, 0.717) is 23.6 Å². The maximum absolute atomic E-state index is 13.7. The third-order valence-electron chi connectivity index (χ3n) is 5.66. The number of nitrogens with one attached hydrogen (secondary N) is 1. The van der Waals surface area contributed by atoms with Crippen LogP contribution in [-0.2, 0) is 11.0 Å². The molecule has 1 N–H and O–H groups in total. The Morgan fingerprint density at radius 2 is 1.45 bits per heavy atom. The van der Waals surface area contributed by atoms with E-state index >= 15 is 0 Å². The highest BCUT2D eigenvalue weighted by atomic mass is 19.4. The maximum Gasteiger partial charge on any atom is 0.417 e. The Morgan fingerprint density at radius 1 is 0.929 bits per heavy atom. The number of amides is 1. The number of anilines is 2. The molecule has 0 radical (unpaired) electrons. The van der Waals surface area contributed by atoms with Gasteiger partial charge in [-0.25, -0.2) is 4.98 Å². The van der Waals surface area contributed by atoms with Gasteiger partial charge in [0.05, 0.1) is 10.9 Å². The first kappa shape index (κ1) is 35.9. The highest BCUT2D eigenvalue weighted by Gasteiger charge is 2.35. The number of para-hydroxylation sites is 2. The number of carbonyl (C=O) groups is 1. The van der Waals surface area contributed by atoms with E-state index in [1.165, 1.54) is 24.0 Å². The molecule has 9 heteroatoms. The second-order valence-corrected chi connectivity index (χ2v) is 9.03. The van der Waals surface area contributed by atoms with Gasteiger partial charge in [-0.3, -0.25) is 14.2 Å². The molecule has 0 atom stereocenters. The average Bonchev–Trinajstić information content (AvgIpc) is 2.98. The van der Waals surface area contributed by atoms with Crippen molar-refractivity contribution in [1.82, 2.24) is 14.5 Å². The molecule has 0 spiro atoms. The van der Waals surface area contributed by atoms with Gasteiger partial charge in [0.2, 0.25) is 5.91 Å². The molecule has 2 aromatic carbocycles. The van der Waals surface area contributed by atoms with Crippen LogP contribution in [0.2, 0.25) is 0 Å². The van der Waals surface area contributed by atoms with E-state index in [-0.39, 0.29) is 17.2 Å². The number of fused-ring (bicyclic) bond motifs is 1. The smallest absolute Gasteiger partial charge is 0.346 e. The zero-order valence-corrected chi connectivity index (χ0v) is 25.8. The van der Waals surface area contributed by atoms with Gasteiger partial charge >= 0.3 is 6.18 Å². The van der Waals surface area contributed by atoms with Crippen LogP contribution in [0.4, 0.5) is 24.7 Å². The molecule has 0 aliphatic rings. The molecule has 0 fully saturated rings. The van der Waals surface area contributed by atoms with Crippen molar-refractivity contribution in [2.24, 2.45) is 0 Å². The summed E-state index contributed by atoms with van der Waals surface area (Å²) < 4.78 is 42.5. The van der Waals surface area contributed by atoms with Gasteiger partial charge in [-0.15, -0.1) is 0 Å². The van der Waals surface area contributed by atoms with Gasteiger partial charge in [0, 0.05) is 43.1 Å². The molecule has 2 aromatic heterocycles. The Bertz CT molecular complexity index is 1440. The fourth-order valence-electron chi connectivity index (χ4n) is 3.71. The Kier molecular flexibility index (Phi) is 15.1. The van der Waals surface area contributed by atoms with Gasteiger partial charge < -0.3 is 10.2 Å². The van der Waals surface area contributed by atoms with Crippen molar-refractivity contribution in [3.8, 4) is 5.69 Å². The van der Waals surface area contributed by atoms with Gasteiger partial charge in [0.25, 0.3) is 0 Å². The zero-order chi connectivity index (χ0) is 31.9. The normalized spacial score (nSPS) is 10.3. The predicted molar refractivity (Wildman–Crippen MR) is 168 cm³/mol. The number of aryl methyl sites for hydroxylation is 1. The average molecular weight is 585 g/mol. The fourth-order valence-corrected chi connectivity index (χ4v) is 3.71. The number of halogens is 3. The number of hydrogen-bond donors (Lipinski definition) is 1. The zero-order valence-electron chi connectivity index (χ0n) is 25.8. The summed E-state index contributed by atoms with van der Waals surface area (Å²) in [6.07, 6.45) is -2.81. The maximum atomic E-state index is 13.7. The van der Waals surface area contributed by atoms with Gasteiger partial charge in [-0.2, -0.15) is 13.2 Å². The van der Waals surface area contributed by atoms with Crippen LogP contribution >= 0.6 is 0 Å². The van der Waals surface area contributed by atoms with Gasteiger partial charge in [-0.1, -0.05) is 77.4 Å². The number of benzene rings is 2. The van der Waals surface area contributed by atoms with Gasteiger partial charge in [-0.05, 0) is 44.2 Å². The molecule has 0 aliphatic carbocycles. The number of aromatic nitrogens is 2. The summed E-state index contributed by atoms with van der Waals surface area (Å²) in [5.74, 6) is 0.540. The SMILES string of the molecule is CC.CCC.CCC(=O)N(C)CC.Cc1cc(C(F)(F)F)c2c(=O)cc(Nc3ccccc3)n(-c3ccccc3)c2n1. The summed E-state index contributed by atoms with van der Waals surface area (Å²) in [4.78, 5) is 29.4. The molecular weight excluding hydrogens is 541 g/mol. The van der Waals surface area contributed by atoms with E-state index < -0.39 is 22.6 Å². The van der Waals surface area contributed by atoms with Crippen molar-refractivity contribution in [1.29, 1.82) is 0 Å². The summed E-state index contributed by atoms with van der Waals surface area (Å²) in [6.45, 7) is 14.4. The third-order valence-corrected chi connectivity index (χ3v) is 5.66. The quantitative estimate of drug-likeness (QED) is 0.255. The lowest BCUT2D eigenvalue weighted by atomic mass is 10.1. The monoisotopic (exact) mass is 584 g/mol. The largest absolute Gasteiger partial charge is 0.417 e. The van der Waals surface area contributed by atoms with Crippen molar-refractivity contribution >= 4 is 28.4 Å². The lowest BCUT2D eigenvalue weighted by Crippen LogP contribution is -2.24. The van der Waals surface area contributed by atoms with Crippen molar-refractivity contribution in [3.05, 3.63) is 94.3 Å². The molecule has 0 bridgehead atoms. The van der Waals surface area contributed by atoms with Crippen LogP contribution in [0.3, 0.4) is 0 Å². The first-order valence-corrected chi connectivity index (χ1v) is 14.2. The van der Waals surface area contributed by atoms with Crippen LogP contribution in [0.25, 0.3) is 16.7 Å². The minimum absolute atomic E-state index is 0.0468. The summed E-state index contributed by atoms with van der Waals surface area (Å²) >= 11 is 0. The Balaban J connectivity index is 0.000000576. The van der Waals surface area contributed by atoms with E-state index in [1.807, 2.05) is 52.9 Å². The summed E-state index contributed by atoms with van der Waals surface area (Å²) in [5.41, 5.74) is -0.326. The first-order valence-electron chi connectivity index (χ1n) is 14.2. The Hall–Kier alpha value is -4.14. The van der Waals surface area contributed by atoms with Gasteiger partial charge in [0.15, 0.2) is 11.1 Å². The Labute approximate surface area is 247 Å². The third kappa shape index (κ3) is 10.0. The summed E-state index contributed by atoms with van der Waals surface area (Å²) in [7, 11) is 1.81. The highest BCUT2D eigenvalue weighted by molar-refractivity contribution is 5.84. The van der Waals surface area contributed by atoms with E-state index in [4.69, 9.17) is 0 Å². The van der Waals surface area contributed by atoms with Crippen LogP contribution in [0.1, 0.15) is 65.6 Å². The topological polar surface area (TPSA) is 67.2 Å². The predicted octanol–water partition coefficient (Wildman–Crippen LogP) is 8.77. The molecule has 0 saturated heterocycles. The first-order chi connectivity index (χ1) is 20.0. The second-order valence-electron chi connectivity index (χ2n) is 9.03. The van der Waals surface area contributed by atoms with E-state index in [0.717, 1.165) is 12.6 Å². The lowest BCUT2D eigenvalue weighted by molar-refractivity contribution is -0.136. The second kappa shape index (κ2) is 17.6. The van der Waals surface area contributed by atoms with Crippen molar-refractivity contribution in [3.63, 3.8) is 0 Å².